The van der Waals surface area contributed by atoms with Gasteiger partial charge in [-0.2, -0.15) is 0 Å². The number of benzene rings is 1. The van der Waals surface area contributed by atoms with Crippen LogP contribution in [0.5, 0.6) is 0 Å². The Hall–Kier alpha value is -1.32. The van der Waals surface area contributed by atoms with Gasteiger partial charge in [0.2, 0.25) is 0 Å². The summed E-state index contributed by atoms with van der Waals surface area (Å²) in [5.41, 5.74) is 7.27. The molecule has 0 aliphatic rings. The van der Waals surface area contributed by atoms with E-state index in [-0.39, 0.29) is 0 Å². The highest BCUT2D eigenvalue weighted by atomic mass is 35.5. The lowest BCUT2D eigenvalue weighted by Crippen LogP contribution is -2.00. The van der Waals surface area contributed by atoms with Gasteiger partial charge in [0.1, 0.15) is 12.0 Å². The molecule has 2 N–H and O–H groups in total. The fourth-order valence-electron chi connectivity index (χ4n) is 1.43. The summed E-state index contributed by atoms with van der Waals surface area (Å²) in [5, 5.41) is 0.718. The van der Waals surface area contributed by atoms with E-state index in [9.17, 15) is 0 Å². The van der Waals surface area contributed by atoms with E-state index in [4.69, 9.17) is 21.8 Å². The predicted octanol–water partition coefficient (Wildman–Crippen LogP) is 2.89. The molecule has 0 unspecified atom stereocenters. The van der Waals surface area contributed by atoms with Gasteiger partial charge in [0.05, 0.1) is 0 Å². The first kappa shape index (κ1) is 11.2. The normalized spacial score (nSPS) is 10.6. The van der Waals surface area contributed by atoms with Gasteiger partial charge in [-0.05, 0) is 25.1 Å². The molecule has 0 bridgehead atoms. The van der Waals surface area contributed by atoms with Crippen LogP contribution < -0.4 is 5.73 Å². The number of nitrogens with two attached hydrogens (primary N) is 1. The molecule has 1 aromatic heterocycles. The monoisotopic (exact) mass is 236 g/mol. The van der Waals surface area contributed by atoms with Crippen LogP contribution in [0.15, 0.2) is 34.9 Å². The zero-order valence-electron chi connectivity index (χ0n) is 8.82. The lowest BCUT2D eigenvalue weighted by molar-refractivity contribution is 0.488. The number of hydrogen-bond donors (Lipinski definition) is 1. The number of aryl methyl sites for hydroxylation is 1. The summed E-state index contributed by atoms with van der Waals surface area (Å²) in [7, 11) is 0. The standard InChI is InChI=1S/C12H13ClN2O/c13-10-5-3-9(4-6-10)11-8-16-12(15-11)2-1-7-14/h3-6,8H,1-2,7,14H2. The minimum absolute atomic E-state index is 0.651. The number of halogens is 1. The van der Waals surface area contributed by atoms with Crippen molar-refractivity contribution in [1.82, 2.24) is 4.98 Å². The van der Waals surface area contributed by atoms with Gasteiger partial charge in [-0.15, -0.1) is 0 Å². The first-order valence-corrected chi connectivity index (χ1v) is 5.58. The van der Waals surface area contributed by atoms with Gasteiger partial charge in [0, 0.05) is 17.0 Å². The molecule has 0 amide bonds. The van der Waals surface area contributed by atoms with E-state index in [1.165, 1.54) is 0 Å². The summed E-state index contributed by atoms with van der Waals surface area (Å²) in [6, 6.07) is 7.52. The van der Waals surface area contributed by atoms with Crippen molar-refractivity contribution in [3.05, 3.63) is 41.4 Å². The van der Waals surface area contributed by atoms with Gasteiger partial charge >= 0.3 is 0 Å². The van der Waals surface area contributed by atoms with E-state index in [0.29, 0.717) is 6.54 Å². The molecule has 0 spiro atoms. The Bertz CT molecular complexity index is 450. The van der Waals surface area contributed by atoms with Crippen molar-refractivity contribution in [3.63, 3.8) is 0 Å². The number of nitrogens with zero attached hydrogens (tertiary/aromatic N) is 1. The van der Waals surface area contributed by atoms with E-state index in [2.05, 4.69) is 4.98 Å². The number of rotatable bonds is 4. The van der Waals surface area contributed by atoms with Crippen molar-refractivity contribution >= 4 is 11.6 Å². The fraction of sp³-hybridized carbons (Fsp3) is 0.250. The van der Waals surface area contributed by atoms with Crippen LogP contribution in [0.25, 0.3) is 11.3 Å². The third-order valence-corrected chi connectivity index (χ3v) is 2.54. The lowest BCUT2D eigenvalue weighted by atomic mass is 10.2. The minimum atomic E-state index is 0.651. The third-order valence-electron chi connectivity index (χ3n) is 2.29. The number of hydrogen-bond acceptors (Lipinski definition) is 3. The second kappa shape index (κ2) is 5.14. The maximum absolute atomic E-state index is 5.82. The van der Waals surface area contributed by atoms with Crippen LogP contribution in [0, 0.1) is 0 Å². The Labute approximate surface area is 99.2 Å². The Morgan fingerprint density at radius 2 is 2.00 bits per heavy atom. The molecule has 2 rings (SSSR count). The van der Waals surface area contributed by atoms with Gasteiger partial charge in [0.25, 0.3) is 0 Å². The molecule has 16 heavy (non-hydrogen) atoms. The maximum atomic E-state index is 5.82. The molecule has 84 valence electrons. The SMILES string of the molecule is NCCCc1nc(-c2ccc(Cl)cc2)co1. The van der Waals surface area contributed by atoms with Crippen molar-refractivity contribution in [2.45, 2.75) is 12.8 Å². The maximum Gasteiger partial charge on any atom is 0.194 e. The van der Waals surface area contributed by atoms with Crippen molar-refractivity contribution in [3.8, 4) is 11.3 Å². The first-order valence-electron chi connectivity index (χ1n) is 5.20. The van der Waals surface area contributed by atoms with Crippen molar-refractivity contribution in [2.24, 2.45) is 5.73 Å². The Kier molecular flexibility index (Phi) is 3.59. The van der Waals surface area contributed by atoms with Crippen molar-refractivity contribution < 1.29 is 4.42 Å². The highest BCUT2D eigenvalue weighted by Gasteiger charge is 2.05. The molecular weight excluding hydrogens is 224 g/mol. The Morgan fingerprint density at radius 1 is 1.25 bits per heavy atom. The van der Waals surface area contributed by atoms with Crippen LogP contribution in [0.1, 0.15) is 12.3 Å². The summed E-state index contributed by atoms with van der Waals surface area (Å²) < 4.78 is 5.35. The van der Waals surface area contributed by atoms with Crippen molar-refractivity contribution in [2.75, 3.05) is 6.54 Å². The highest BCUT2D eigenvalue weighted by molar-refractivity contribution is 6.30. The van der Waals surface area contributed by atoms with Gasteiger partial charge in [-0.25, -0.2) is 4.98 Å². The number of oxazole rings is 1. The predicted molar refractivity (Wildman–Crippen MR) is 64.3 cm³/mol. The minimum Gasteiger partial charge on any atom is -0.448 e. The van der Waals surface area contributed by atoms with Crippen LogP contribution in [0.4, 0.5) is 0 Å². The van der Waals surface area contributed by atoms with Crippen LogP contribution in [0.3, 0.4) is 0 Å². The molecule has 0 aliphatic carbocycles. The van der Waals surface area contributed by atoms with Gasteiger partial charge in [-0.3, -0.25) is 0 Å². The van der Waals surface area contributed by atoms with E-state index in [0.717, 1.165) is 35.0 Å². The van der Waals surface area contributed by atoms with Crippen LogP contribution in [-0.2, 0) is 6.42 Å². The van der Waals surface area contributed by atoms with E-state index < -0.39 is 0 Å². The molecule has 1 heterocycles. The second-order valence-corrected chi connectivity index (χ2v) is 3.96. The molecule has 4 heteroatoms. The Morgan fingerprint density at radius 3 is 2.69 bits per heavy atom. The smallest absolute Gasteiger partial charge is 0.194 e. The molecule has 0 aliphatic heterocycles. The largest absolute Gasteiger partial charge is 0.448 e. The second-order valence-electron chi connectivity index (χ2n) is 3.53. The average molecular weight is 237 g/mol. The highest BCUT2D eigenvalue weighted by Crippen LogP contribution is 2.21. The van der Waals surface area contributed by atoms with Gasteiger partial charge < -0.3 is 10.2 Å². The average Bonchev–Trinajstić information content (AvgIpc) is 2.76. The molecular formula is C12H13ClN2O. The molecule has 0 fully saturated rings. The molecule has 1 aromatic carbocycles. The molecule has 2 aromatic rings. The fourth-order valence-corrected chi connectivity index (χ4v) is 1.56. The van der Waals surface area contributed by atoms with Crippen LogP contribution in [0.2, 0.25) is 5.02 Å². The summed E-state index contributed by atoms with van der Waals surface area (Å²) in [6.07, 6.45) is 3.33. The number of aromatic nitrogens is 1. The quantitative estimate of drug-likeness (QED) is 0.888. The van der Waals surface area contributed by atoms with Crippen LogP contribution in [-0.4, -0.2) is 11.5 Å². The zero-order valence-corrected chi connectivity index (χ0v) is 9.57. The topological polar surface area (TPSA) is 52.0 Å². The molecule has 3 nitrogen and oxygen atoms in total. The first-order chi connectivity index (χ1) is 7.79. The van der Waals surface area contributed by atoms with E-state index in [1.807, 2.05) is 24.3 Å². The zero-order chi connectivity index (χ0) is 11.4. The van der Waals surface area contributed by atoms with Gasteiger partial charge in [-0.1, -0.05) is 23.7 Å². The molecule has 0 radical (unpaired) electrons. The molecule has 0 saturated carbocycles. The summed E-state index contributed by atoms with van der Waals surface area (Å²) >= 11 is 5.82. The lowest BCUT2D eigenvalue weighted by Gasteiger charge is -1.95. The summed E-state index contributed by atoms with van der Waals surface area (Å²) in [6.45, 7) is 0.651. The van der Waals surface area contributed by atoms with Crippen molar-refractivity contribution in [1.29, 1.82) is 0 Å². The molecule has 0 atom stereocenters. The summed E-state index contributed by atoms with van der Waals surface area (Å²) in [5.74, 6) is 0.732. The van der Waals surface area contributed by atoms with E-state index >= 15 is 0 Å². The van der Waals surface area contributed by atoms with Gasteiger partial charge in [0.15, 0.2) is 5.89 Å². The van der Waals surface area contributed by atoms with Crippen LogP contribution >= 0.6 is 11.6 Å². The summed E-state index contributed by atoms with van der Waals surface area (Å²) in [4.78, 5) is 4.38. The Balaban J connectivity index is 2.15. The van der Waals surface area contributed by atoms with E-state index in [1.54, 1.807) is 6.26 Å². The molecule has 0 saturated heterocycles. The third kappa shape index (κ3) is 2.62.